The fourth-order valence-corrected chi connectivity index (χ4v) is 2.33. The first-order valence-corrected chi connectivity index (χ1v) is 6.35. The van der Waals surface area contributed by atoms with Crippen molar-refractivity contribution in [3.05, 3.63) is 50.9 Å². The molecular formula is C12H11ClN2OS. The highest BCUT2D eigenvalue weighted by molar-refractivity contribution is 7.09. The highest BCUT2D eigenvalue weighted by Gasteiger charge is 2.14. The van der Waals surface area contributed by atoms with Gasteiger partial charge >= 0.3 is 0 Å². The zero-order chi connectivity index (χ0) is 12.4. The first-order valence-electron chi connectivity index (χ1n) is 5.09. The topological polar surface area (TPSA) is 56.0 Å². The average molecular weight is 267 g/mol. The van der Waals surface area contributed by atoms with Crippen LogP contribution in [0.4, 0.5) is 0 Å². The summed E-state index contributed by atoms with van der Waals surface area (Å²) in [5.41, 5.74) is 6.67. The molecule has 5 heteroatoms. The van der Waals surface area contributed by atoms with Gasteiger partial charge in [0.2, 0.25) is 5.78 Å². The van der Waals surface area contributed by atoms with Gasteiger partial charge in [-0.25, -0.2) is 4.98 Å². The van der Waals surface area contributed by atoms with E-state index in [1.54, 1.807) is 29.6 Å². The van der Waals surface area contributed by atoms with Crippen LogP contribution >= 0.6 is 22.9 Å². The number of rotatable bonds is 3. The van der Waals surface area contributed by atoms with Crippen molar-refractivity contribution in [2.24, 2.45) is 5.73 Å². The molecule has 0 radical (unpaired) electrons. The van der Waals surface area contributed by atoms with E-state index < -0.39 is 0 Å². The van der Waals surface area contributed by atoms with E-state index in [4.69, 9.17) is 17.3 Å². The van der Waals surface area contributed by atoms with Crippen LogP contribution in [0, 0.1) is 0 Å². The molecule has 0 spiro atoms. The number of nitrogens with two attached hydrogens (primary N) is 1. The van der Waals surface area contributed by atoms with Crippen LogP contribution in [-0.2, 0) is 0 Å². The number of hydrogen-bond donors (Lipinski definition) is 1. The van der Waals surface area contributed by atoms with Crippen molar-refractivity contribution in [1.82, 2.24) is 4.98 Å². The Kier molecular flexibility index (Phi) is 3.57. The molecule has 17 heavy (non-hydrogen) atoms. The summed E-state index contributed by atoms with van der Waals surface area (Å²) in [6.45, 7) is 1.84. The Bertz CT molecular complexity index is 551. The van der Waals surface area contributed by atoms with Crippen LogP contribution in [0.2, 0.25) is 5.02 Å². The summed E-state index contributed by atoms with van der Waals surface area (Å²) in [6, 6.07) is 6.68. The molecule has 2 N–H and O–H groups in total. The van der Waals surface area contributed by atoms with Crippen LogP contribution in [0.1, 0.15) is 34.0 Å². The highest BCUT2D eigenvalue weighted by atomic mass is 35.5. The molecule has 0 saturated carbocycles. The number of carbonyl (C=O) groups excluding carboxylic acids is 1. The fraction of sp³-hybridized carbons (Fsp3) is 0.167. The molecule has 1 aromatic heterocycles. The number of hydrogen-bond acceptors (Lipinski definition) is 4. The maximum atomic E-state index is 12.1. The molecule has 2 rings (SSSR count). The molecule has 2 aromatic rings. The monoisotopic (exact) mass is 266 g/mol. The van der Waals surface area contributed by atoms with Crippen molar-refractivity contribution in [1.29, 1.82) is 0 Å². The average Bonchev–Trinajstić information content (AvgIpc) is 2.77. The predicted octanol–water partition coefficient (Wildman–Crippen LogP) is 3.05. The molecule has 0 saturated heterocycles. The molecule has 0 bridgehead atoms. The van der Waals surface area contributed by atoms with Crippen LogP contribution in [-0.4, -0.2) is 10.8 Å². The molecule has 0 aliphatic rings. The largest absolute Gasteiger partial charge is 0.322 e. The lowest BCUT2D eigenvalue weighted by Crippen LogP contribution is -2.06. The second-order valence-electron chi connectivity index (χ2n) is 3.70. The smallest absolute Gasteiger partial charge is 0.212 e. The van der Waals surface area contributed by atoms with Crippen molar-refractivity contribution in [3.8, 4) is 0 Å². The van der Waals surface area contributed by atoms with Crippen molar-refractivity contribution in [3.63, 3.8) is 0 Å². The summed E-state index contributed by atoms with van der Waals surface area (Å²) >= 11 is 7.24. The van der Waals surface area contributed by atoms with Gasteiger partial charge in [-0.1, -0.05) is 23.7 Å². The zero-order valence-corrected chi connectivity index (χ0v) is 10.8. The van der Waals surface area contributed by atoms with Crippen LogP contribution in [0.3, 0.4) is 0 Å². The predicted molar refractivity (Wildman–Crippen MR) is 69.6 cm³/mol. The van der Waals surface area contributed by atoms with Crippen molar-refractivity contribution in [2.45, 2.75) is 13.0 Å². The minimum Gasteiger partial charge on any atom is -0.322 e. The molecule has 0 aliphatic heterocycles. The lowest BCUT2D eigenvalue weighted by Gasteiger charge is -1.99. The van der Waals surface area contributed by atoms with Gasteiger partial charge < -0.3 is 5.73 Å². The maximum Gasteiger partial charge on any atom is 0.212 e. The number of ketones is 1. The molecular weight excluding hydrogens is 256 g/mol. The Balaban J connectivity index is 2.30. The van der Waals surface area contributed by atoms with Crippen LogP contribution < -0.4 is 5.73 Å². The molecule has 1 aromatic carbocycles. The molecule has 3 nitrogen and oxygen atoms in total. The van der Waals surface area contributed by atoms with Crippen molar-refractivity contribution < 1.29 is 4.79 Å². The normalized spacial score (nSPS) is 12.4. The minimum atomic E-state index is -0.152. The Hall–Kier alpha value is -1.23. The van der Waals surface area contributed by atoms with E-state index in [1.807, 2.05) is 6.92 Å². The molecule has 1 heterocycles. The Morgan fingerprint density at radius 1 is 1.53 bits per heavy atom. The minimum absolute atomic E-state index is 0.129. The van der Waals surface area contributed by atoms with Crippen LogP contribution in [0.25, 0.3) is 0 Å². The molecule has 88 valence electrons. The zero-order valence-electron chi connectivity index (χ0n) is 9.18. The van der Waals surface area contributed by atoms with E-state index in [2.05, 4.69) is 4.98 Å². The summed E-state index contributed by atoms with van der Waals surface area (Å²) in [7, 11) is 0. The second-order valence-corrected chi connectivity index (χ2v) is 5.03. The van der Waals surface area contributed by atoms with Gasteiger partial charge in [0.05, 0.1) is 6.04 Å². The van der Waals surface area contributed by atoms with Crippen molar-refractivity contribution in [2.75, 3.05) is 0 Å². The van der Waals surface area contributed by atoms with Gasteiger partial charge in [-0.2, -0.15) is 0 Å². The first-order chi connectivity index (χ1) is 8.08. The summed E-state index contributed by atoms with van der Waals surface area (Å²) in [6.07, 6.45) is 0. The van der Waals surface area contributed by atoms with Gasteiger partial charge in [-0.05, 0) is 19.1 Å². The summed E-state index contributed by atoms with van der Waals surface area (Å²) < 4.78 is 0. The van der Waals surface area contributed by atoms with Gasteiger partial charge in [0, 0.05) is 16.0 Å². The molecule has 0 aliphatic carbocycles. The van der Waals surface area contributed by atoms with Gasteiger partial charge in [0.15, 0.2) is 0 Å². The number of benzene rings is 1. The lowest BCUT2D eigenvalue weighted by molar-refractivity contribution is 0.103. The standard InChI is InChI=1S/C12H11ClN2OS/c1-7(14)12-15-10(6-17-12)11(16)8-3-2-4-9(13)5-8/h2-7H,14H2,1H3. The lowest BCUT2D eigenvalue weighted by atomic mass is 10.1. The Morgan fingerprint density at radius 3 is 2.88 bits per heavy atom. The van der Waals surface area contributed by atoms with Crippen LogP contribution in [0.5, 0.6) is 0 Å². The third-order valence-electron chi connectivity index (χ3n) is 2.23. The molecule has 0 amide bonds. The number of carbonyl (C=O) groups is 1. The van der Waals surface area contributed by atoms with E-state index in [0.29, 0.717) is 16.3 Å². The van der Waals surface area contributed by atoms with Gasteiger partial charge in [-0.3, -0.25) is 4.79 Å². The van der Waals surface area contributed by atoms with Crippen LogP contribution in [0.15, 0.2) is 29.6 Å². The SMILES string of the molecule is CC(N)c1nc(C(=O)c2cccc(Cl)c2)cs1. The number of nitrogens with zero attached hydrogens (tertiary/aromatic N) is 1. The third kappa shape index (κ3) is 2.72. The number of aromatic nitrogens is 1. The Labute approximate surface area is 108 Å². The first kappa shape index (κ1) is 12.2. The third-order valence-corrected chi connectivity index (χ3v) is 3.51. The summed E-state index contributed by atoms with van der Waals surface area (Å²) in [5, 5.41) is 3.02. The van der Waals surface area contributed by atoms with E-state index in [9.17, 15) is 4.79 Å². The number of thiazole rings is 1. The highest BCUT2D eigenvalue weighted by Crippen LogP contribution is 2.19. The van der Waals surface area contributed by atoms with E-state index >= 15 is 0 Å². The summed E-state index contributed by atoms with van der Waals surface area (Å²) in [4.78, 5) is 16.3. The fourth-order valence-electron chi connectivity index (χ4n) is 1.38. The van der Waals surface area contributed by atoms with Crippen molar-refractivity contribution >= 4 is 28.7 Å². The molecule has 1 atom stereocenters. The maximum absolute atomic E-state index is 12.1. The quantitative estimate of drug-likeness (QED) is 0.869. The van der Waals surface area contributed by atoms with Gasteiger partial charge in [0.25, 0.3) is 0 Å². The molecule has 1 unspecified atom stereocenters. The summed E-state index contributed by atoms with van der Waals surface area (Å²) in [5.74, 6) is -0.129. The van der Waals surface area contributed by atoms with E-state index in [0.717, 1.165) is 5.01 Å². The van der Waals surface area contributed by atoms with Gasteiger partial charge in [-0.15, -0.1) is 11.3 Å². The van der Waals surface area contributed by atoms with E-state index in [1.165, 1.54) is 11.3 Å². The van der Waals surface area contributed by atoms with Gasteiger partial charge in [0.1, 0.15) is 10.7 Å². The Morgan fingerprint density at radius 2 is 2.29 bits per heavy atom. The second kappa shape index (κ2) is 4.96. The molecule has 0 fully saturated rings. The number of halogens is 1. The van der Waals surface area contributed by atoms with E-state index in [-0.39, 0.29) is 11.8 Å².